The summed E-state index contributed by atoms with van der Waals surface area (Å²) in [5, 5.41) is 2.77. The van der Waals surface area contributed by atoms with Crippen LogP contribution < -0.4 is 5.32 Å². The van der Waals surface area contributed by atoms with Gasteiger partial charge >= 0.3 is 6.03 Å². The van der Waals surface area contributed by atoms with E-state index >= 15 is 0 Å². The Morgan fingerprint density at radius 3 is 2.29 bits per heavy atom. The summed E-state index contributed by atoms with van der Waals surface area (Å²) in [6, 6.07) is 0.0132. The molecule has 1 rings (SSSR count). The second-order valence-corrected chi connectivity index (χ2v) is 3.96. The molecule has 0 spiro atoms. The fraction of sp³-hybridized carbons (Fsp3) is 0.700. The van der Waals surface area contributed by atoms with Crippen LogP contribution in [0.3, 0.4) is 0 Å². The molecule has 1 heterocycles. The molecule has 1 aliphatic heterocycles. The van der Waals surface area contributed by atoms with Crippen LogP contribution in [0, 0.1) is 0 Å². The molecule has 2 amide bonds. The lowest BCUT2D eigenvalue weighted by atomic mass is 10.3. The predicted molar refractivity (Wildman–Crippen MR) is 57.0 cm³/mol. The zero-order chi connectivity index (χ0) is 10.6. The van der Waals surface area contributed by atoms with Gasteiger partial charge in [0, 0.05) is 32.4 Å². The standard InChI is InChI=1S/C10H19N3O/c1-9(2)8-11-10(14)13-6-4-12(3)5-7-13/h8H,4-7H2,1-3H3,(H,11,14). The second-order valence-electron chi connectivity index (χ2n) is 3.96. The van der Waals surface area contributed by atoms with Crippen LogP contribution in [0.4, 0.5) is 4.79 Å². The fourth-order valence-corrected chi connectivity index (χ4v) is 1.31. The highest BCUT2D eigenvalue weighted by Crippen LogP contribution is 1.99. The molecular weight excluding hydrogens is 178 g/mol. The molecule has 0 aromatic heterocycles. The summed E-state index contributed by atoms with van der Waals surface area (Å²) in [4.78, 5) is 15.6. The first-order valence-electron chi connectivity index (χ1n) is 4.97. The summed E-state index contributed by atoms with van der Waals surface area (Å²) in [6.07, 6.45) is 1.75. The number of rotatable bonds is 1. The number of likely N-dealkylation sites (N-methyl/N-ethyl adjacent to an activating group) is 1. The minimum Gasteiger partial charge on any atom is -0.322 e. The summed E-state index contributed by atoms with van der Waals surface area (Å²) >= 11 is 0. The molecule has 1 N–H and O–H groups in total. The van der Waals surface area contributed by atoms with Gasteiger partial charge in [0.1, 0.15) is 0 Å². The third-order valence-corrected chi connectivity index (χ3v) is 2.27. The van der Waals surface area contributed by atoms with E-state index in [1.54, 1.807) is 6.20 Å². The number of carbonyl (C=O) groups is 1. The SMILES string of the molecule is CC(C)=CNC(=O)N1CCN(C)CC1. The highest BCUT2D eigenvalue weighted by molar-refractivity contribution is 5.75. The van der Waals surface area contributed by atoms with E-state index in [9.17, 15) is 4.79 Å². The Hall–Kier alpha value is -1.03. The zero-order valence-electron chi connectivity index (χ0n) is 9.21. The van der Waals surface area contributed by atoms with Gasteiger partial charge < -0.3 is 15.1 Å². The topological polar surface area (TPSA) is 35.6 Å². The summed E-state index contributed by atoms with van der Waals surface area (Å²) in [7, 11) is 2.07. The number of urea groups is 1. The molecule has 4 nitrogen and oxygen atoms in total. The number of carbonyl (C=O) groups excluding carboxylic acids is 1. The number of allylic oxidation sites excluding steroid dienone is 1. The quantitative estimate of drug-likeness (QED) is 0.677. The number of amides is 2. The van der Waals surface area contributed by atoms with Gasteiger partial charge in [-0.05, 0) is 20.9 Å². The lowest BCUT2D eigenvalue weighted by Crippen LogP contribution is -2.49. The Balaban J connectivity index is 2.34. The van der Waals surface area contributed by atoms with Crippen molar-refractivity contribution in [1.29, 1.82) is 0 Å². The molecule has 80 valence electrons. The molecule has 0 saturated carbocycles. The maximum atomic E-state index is 11.6. The van der Waals surface area contributed by atoms with Crippen molar-refractivity contribution in [2.75, 3.05) is 33.2 Å². The van der Waals surface area contributed by atoms with Gasteiger partial charge in [-0.15, -0.1) is 0 Å². The Morgan fingerprint density at radius 2 is 1.79 bits per heavy atom. The molecule has 0 aliphatic carbocycles. The summed E-state index contributed by atoms with van der Waals surface area (Å²) in [5.41, 5.74) is 1.10. The van der Waals surface area contributed by atoms with Crippen molar-refractivity contribution < 1.29 is 4.79 Å². The first kappa shape index (κ1) is 11.0. The lowest BCUT2D eigenvalue weighted by molar-refractivity contribution is 0.157. The molecule has 4 heteroatoms. The van der Waals surface area contributed by atoms with Gasteiger partial charge in [0.15, 0.2) is 0 Å². The molecule has 0 atom stereocenters. The number of hydrogen-bond acceptors (Lipinski definition) is 2. The third-order valence-electron chi connectivity index (χ3n) is 2.27. The van der Waals surface area contributed by atoms with E-state index in [2.05, 4.69) is 17.3 Å². The van der Waals surface area contributed by atoms with Gasteiger partial charge in [-0.2, -0.15) is 0 Å². The normalized spacial score (nSPS) is 17.8. The van der Waals surface area contributed by atoms with Crippen LogP contribution in [0.15, 0.2) is 11.8 Å². The summed E-state index contributed by atoms with van der Waals surface area (Å²) in [6.45, 7) is 7.48. The van der Waals surface area contributed by atoms with Gasteiger partial charge in [-0.25, -0.2) is 4.79 Å². The largest absolute Gasteiger partial charge is 0.322 e. The first-order chi connectivity index (χ1) is 6.59. The molecule has 0 aromatic rings. The van der Waals surface area contributed by atoms with Gasteiger partial charge in [0.05, 0.1) is 0 Å². The molecule has 1 fully saturated rings. The van der Waals surface area contributed by atoms with Crippen LogP contribution >= 0.6 is 0 Å². The van der Waals surface area contributed by atoms with Crippen molar-refractivity contribution in [2.24, 2.45) is 0 Å². The molecule has 14 heavy (non-hydrogen) atoms. The monoisotopic (exact) mass is 197 g/mol. The number of nitrogens with zero attached hydrogens (tertiary/aromatic N) is 2. The van der Waals surface area contributed by atoms with Crippen LogP contribution in [0.2, 0.25) is 0 Å². The van der Waals surface area contributed by atoms with Gasteiger partial charge in [-0.3, -0.25) is 0 Å². The molecule has 1 aliphatic rings. The van der Waals surface area contributed by atoms with Crippen molar-refractivity contribution in [2.45, 2.75) is 13.8 Å². The lowest BCUT2D eigenvalue weighted by Gasteiger charge is -2.32. The van der Waals surface area contributed by atoms with Crippen molar-refractivity contribution in [3.8, 4) is 0 Å². The molecule has 0 radical (unpaired) electrons. The van der Waals surface area contributed by atoms with E-state index in [-0.39, 0.29) is 6.03 Å². The average Bonchev–Trinajstić information content (AvgIpc) is 2.15. The van der Waals surface area contributed by atoms with E-state index in [4.69, 9.17) is 0 Å². The van der Waals surface area contributed by atoms with E-state index in [1.807, 2.05) is 18.7 Å². The van der Waals surface area contributed by atoms with Crippen LogP contribution in [0.5, 0.6) is 0 Å². The Kier molecular flexibility index (Phi) is 3.95. The number of nitrogens with one attached hydrogen (secondary N) is 1. The Labute approximate surface area is 85.6 Å². The summed E-state index contributed by atoms with van der Waals surface area (Å²) < 4.78 is 0. The molecular formula is C10H19N3O. The van der Waals surface area contributed by atoms with Crippen molar-refractivity contribution in [1.82, 2.24) is 15.1 Å². The number of hydrogen-bond donors (Lipinski definition) is 1. The minimum atomic E-state index is 0.0132. The molecule has 1 saturated heterocycles. The summed E-state index contributed by atoms with van der Waals surface area (Å²) in [5.74, 6) is 0. The maximum Gasteiger partial charge on any atom is 0.321 e. The van der Waals surface area contributed by atoms with E-state index < -0.39 is 0 Å². The highest BCUT2D eigenvalue weighted by atomic mass is 16.2. The minimum absolute atomic E-state index is 0.0132. The molecule has 0 bridgehead atoms. The van der Waals surface area contributed by atoms with Crippen LogP contribution in [0.1, 0.15) is 13.8 Å². The highest BCUT2D eigenvalue weighted by Gasteiger charge is 2.17. The van der Waals surface area contributed by atoms with Gasteiger partial charge in [0.2, 0.25) is 0 Å². The zero-order valence-corrected chi connectivity index (χ0v) is 9.21. The van der Waals surface area contributed by atoms with Crippen molar-refractivity contribution >= 4 is 6.03 Å². The second kappa shape index (κ2) is 5.00. The van der Waals surface area contributed by atoms with Gasteiger partial charge in [-0.1, -0.05) is 5.57 Å². The average molecular weight is 197 g/mol. The van der Waals surface area contributed by atoms with Crippen LogP contribution in [0.25, 0.3) is 0 Å². The smallest absolute Gasteiger partial charge is 0.321 e. The predicted octanol–water partition coefficient (Wildman–Crippen LogP) is 0.867. The third kappa shape index (κ3) is 3.38. The van der Waals surface area contributed by atoms with E-state index in [0.29, 0.717) is 0 Å². The van der Waals surface area contributed by atoms with E-state index in [0.717, 1.165) is 31.8 Å². The van der Waals surface area contributed by atoms with Crippen molar-refractivity contribution in [3.05, 3.63) is 11.8 Å². The van der Waals surface area contributed by atoms with Crippen LogP contribution in [-0.2, 0) is 0 Å². The maximum absolute atomic E-state index is 11.6. The number of piperazine rings is 1. The van der Waals surface area contributed by atoms with Crippen LogP contribution in [-0.4, -0.2) is 49.1 Å². The molecule has 0 unspecified atom stereocenters. The first-order valence-corrected chi connectivity index (χ1v) is 4.97. The fourth-order valence-electron chi connectivity index (χ4n) is 1.31. The van der Waals surface area contributed by atoms with E-state index in [1.165, 1.54) is 0 Å². The molecule has 0 aromatic carbocycles. The Bertz CT molecular complexity index is 226. The van der Waals surface area contributed by atoms with Gasteiger partial charge in [0.25, 0.3) is 0 Å². The Morgan fingerprint density at radius 1 is 1.21 bits per heavy atom. The van der Waals surface area contributed by atoms with Crippen molar-refractivity contribution in [3.63, 3.8) is 0 Å².